The molecule has 0 heterocycles. The van der Waals surface area contributed by atoms with Crippen molar-refractivity contribution in [1.82, 2.24) is 10.2 Å². The summed E-state index contributed by atoms with van der Waals surface area (Å²) in [6, 6.07) is 0.458. The number of nitrogens with zero attached hydrogens (tertiary/aromatic N) is 1. The van der Waals surface area contributed by atoms with Crippen molar-refractivity contribution in [3.8, 4) is 0 Å². The lowest BCUT2D eigenvalue weighted by Gasteiger charge is -2.39. The maximum Gasteiger partial charge on any atom is 0.325 e. The van der Waals surface area contributed by atoms with Crippen molar-refractivity contribution in [2.45, 2.75) is 58.2 Å². The van der Waals surface area contributed by atoms with E-state index in [9.17, 15) is 9.90 Å². The first-order chi connectivity index (χ1) is 9.33. The molecule has 2 N–H and O–H groups in total. The highest BCUT2D eigenvalue weighted by molar-refractivity contribution is 5.80. The topological polar surface area (TPSA) is 61.8 Å². The predicted molar refractivity (Wildman–Crippen MR) is 79.9 cm³/mol. The summed E-state index contributed by atoms with van der Waals surface area (Å²) in [5.41, 5.74) is -0.827. The molecule has 0 saturated heterocycles. The van der Waals surface area contributed by atoms with Crippen molar-refractivity contribution >= 4 is 5.97 Å². The van der Waals surface area contributed by atoms with Gasteiger partial charge in [0, 0.05) is 32.3 Å². The summed E-state index contributed by atoms with van der Waals surface area (Å²) in [5, 5.41) is 13.2. The Morgan fingerprint density at radius 1 is 1.40 bits per heavy atom. The molecule has 20 heavy (non-hydrogen) atoms. The van der Waals surface area contributed by atoms with Gasteiger partial charge in [0.05, 0.1) is 6.61 Å². The number of nitrogens with one attached hydrogen (secondary N) is 1. The van der Waals surface area contributed by atoms with Crippen molar-refractivity contribution in [2.75, 3.05) is 26.8 Å². The second kappa shape index (κ2) is 7.38. The Labute approximate surface area is 122 Å². The van der Waals surface area contributed by atoms with E-state index in [1.165, 1.54) is 0 Å². The molecule has 0 aromatic rings. The summed E-state index contributed by atoms with van der Waals surface area (Å²) >= 11 is 0. The van der Waals surface area contributed by atoms with E-state index in [4.69, 9.17) is 4.74 Å². The summed E-state index contributed by atoms with van der Waals surface area (Å²) in [6.07, 6.45) is 2.00. The summed E-state index contributed by atoms with van der Waals surface area (Å²) < 4.78 is 5.15. The molecule has 5 nitrogen and oxygen atoms in total. The number of carboxylic acid groups (broad SMARTS) is 1. The molecule has 1 saturated carbocycles. The van der Waals surface area contributed by atoms with Gasteiger partial charge in [-0.3, -0.25) is 15.0 Å². The average Bonchev–Trinajstić information content (AvgIpc) is 3.16. The summed E-state index contributed by atoms with van der Waals surface area (Å²) in [5.74, 6) is -0.483. The third kappa shape index (κ3) is 4.43. The fourth-order valence-corrected chi connectivity index (χ4v) is 2.74. The molecule has 1 atom stereocenters. The molecule has 0 aromatic carbocycles. The summed E-state index contributed by atoms with van der Waals surface area (Å²) in [7, 11) is 1.68. The fourth-order valence-electron chi connectivity index (χ4n) is 2.74. The Kier molecular flexibility index (Phi) is 6.43. The van der Waals surface area contributed by atoms with Gasteiger partial charge in [-0.2, -0.15) is 0 Å². The number of hydrogen-bond donors (Lipinski definition) is 2. The van der Waals surface area contributed by atoms with Crippen molar-refractivity contribution < 1.29 is 14.6 Å². The zero-order valence-electron chi connectivity index (χ0n) is 13.5. The van der Waals surface area contributed by atoms with Gasteiger partial charge >= 0.3 is 5.97 Å². The number of ether oxygens (including phenoxy) is 1. The first-order valence-corrected chi connectivity index (χ1v) is 7.57. The smallest absolute Gasteiger partial charge is 0.325 e. The van der Waals surface area contributed by atoms with E-state index >= 15 is 0 Å². The predicted octanol–water partition coefficient (Wildman–Crippen LogP) is 1.57. The van der Waals surface area contributed by atoms with Crippen LogP contribution in [0, 0.1) is 5.92 Å². The number of methoxy groups -OCH3 is 1. The van der Waals surface area contributed by atoms with Crippen LogP contribution >= 0.6 is 0 Å². The maximum atomic E-state index is 11.9. The van der Waals surface area contributed by atoms with Crippen LogP contribution in [0.25, 0.3) is 0 Å². The zero-order valence-corrected chi connectivity index (χ0v) is 13.5. The first-order valence-electron chi connectivity index (χ1n) is 7.57. The quantitative estimate of drug-likeness (QED) is 0.638. The highest BCUT2D eigenvalue weighted by Crippen LogP contribution is 2.41. The minimum absolute atomic E-state index is 0.156. The van der Waals surface area contributed by atoms with E-state index in [1.807, 2.05) is 13.8 Å². The van der Waals surface area contributed by atoms with Crippen LogP contribution in [0.5, 0.6) is 0 Å². The minimum Gasteiger partial charge on any atom is -0.480 e. The number of aliphatic carboxylic acids is 1. The van der Waals surface area contributed by atoms with E-state index < -0.39 is 11.5 Å². The zero-order chi connectivity index (χ0) is 15.3. The van der Waals surface area contributed by atoms with Gasteiger partial charge in [0.2, 0.25) is 0 Å². The highest BCUT2D eigenvalue weighted by atomic mass is 16.5. The van der Waals surface area contributed by atoms with Gasteiger partial charge < -0.3 is 9.84 Å². The molecule has 1 fully saturated rings. The molecular weight excluding hydrogens is 256 g/mol. The van der Waals surface area contributed by atoms with Crippen molar-refractivity contribution in [3.63, 3.8) is 0 Å². The van der Waals surface area contributed by atoms with Gasteiger partial charge in [-0.1, -0.05) is 0 Å². The van der Waals surface area contributed by atoms with E-state index in [2.05, 4.69) is 24.1 Å². The lowest BCUT2D eigenvalue weighted by atomic mass is 9.90. The van der Waals surface area contributed by atoms with Crippen LogP contribution in [0.3, 0.4) is 0 Å². The lowest BCUT2D eigenvalue weighted by molar-refractivity contribution is -0.147. The van der Waals surface area contributed by atoms with Gasteiger partial charge in [-0.05, 0) is 46.5 Å². The molecule has 1 aliphatic carbocycles. The largest absolute Gasteiger partial charge is 0.480 e. The highest BCUT2D eigenvalue weighted by Gasteiger charge is 2.52. The molecule has 0 radical (unpaired) electrons. The Hall–Kier alpha value is -0.650. The Morgan fingerprint density at radius 2 is 2.00 bits per heavy atom. The molecule has 0 bridgehead atoms. The number of carbonyl (C=O) groups is 1. The van der Waals surface area contributed by atoms with Crippen LogP contribution in [0.15, 0.2) is 0 Å². The standard InChI is InChI=1S/C15H30N2O3/c1-11(2)16-15(14(18)19,13-6-7-13)10-17(12(3)4)8-9-20-5/h11-13,16H,6-10H2,1-5H3,(H,18,19). The van der Waals surface area contributed by atoms with Crippen LogP contribution < -0.4 is 5.32 Å². The third-order valence-corrected chi connectivity index (χ3v) is 3.97. The Morgan fingerprint density at radius 3 is 2.35 bits per heavy atom. The van der Waals surface area contributed by atoms with Crippen LogP contribution in [0.4, 0.5) is 0 Å². The Bertz CT molecular complexity index is 316. The van der Waals surface area contributed by atoms with Gasteiger partial charge in [-0.25, -0.2) is 0 Å². The number of hydrogen-bond acceptors (Lipinski definition) is 4. The maximum absolute atomic E-state index is 11.9. The van der Waals surface area contributed by atoms with Gasteiger partial charge in [0.1, 0.15) is 5.54 Å². The van der Waals surface area contributed by atoms with Gasteiger partial charge in [-0.15, -0.1) is 0 Å². The Balaban J connectivity index is 2.88. The molecule has 5 heteroatoms. The molecule has 0 aromatic heterocycles. The van der Waals surface area contributed by atoms with Gasteiger partial charge in [0.25, 0.3) is 0 Å². The van der Waals surface area contributed by atoms with Crippen LogP contribution in [-0.2, 0) is 9.53 Å². The lowest BCUT2D eigenvalue weighted by Crippen LogP contribution is -2.63. The molecule has 1 rings (SSSR count). The molecule has 0 amide bonds. The number of rotatable bonds is 10. The summed E-state index contributed by atoms with van der Waals surface area (Å²) in [4.78, 5) is 14.1. The molecule has 0 spiro atoms. The first kappa shape index (κ1) is 17.4. The normalized spacial score (nSPS) is 18.8. The van der Waals surface area contributed by atoms with Crippen LogP contribution in [0.1, 0.15) is 40.5 Å². The van der Waals surface area contributed by atoms with E-state index in [0.717, 1.165) is 19.4 Å². The number of carboxylic acids is 1. The molecule has 1 aliphatic rings. The van der Waals surface area contributed by atoms with E-state index in [-0.39, 0.29) is 12.0 Å². The second-order valence-corrected chi connectivity index (χ2v) is 6.41. The van der Waals surface area contributed by atoms with Crippen molar-refractivity contribution in [1.29, 1.82) is 0 Å². The molecule has 1 unspecified atom stereocenters. The monoisotopic (exact) mass is 286 g/mol. The van der Waals surface area contributed by atoms with Crippen molar-refractivity contribution in [3.05, 3.63) is 0 Å². The SMILES string of the molecule is COCCN(CC(NC(C)C)(C(=O)O)C1CC1)C(C)C. The van der Waals surface area contributed by atoms with Crippen LogP contribution in [0.2, 0.25) is 0 Å². The van der Waals surface area contributed by atoms with Crippen LogP contribution in [-0.4, -0.2) is 60.4 Å². The molecular formula is C15H30N2O3. The second-order valence-electron chi connectivity index (χ2n) is 6.41. The fraction of sp³-hybridized carbons (Fsp3) is 0.933. The van der Waals surface area contributed by atoms with Gasteiger partial charge in [0.15, 0.2) is 0 Å². The van der Waals surface area contributed by atoms with E-state index in [0.29, 0.717) is 19.2 Å². The molecule has 0 aliphatic heterocycles. The summed E-state index contributed by atoms with van der Waals surface area (Å²) in [6.45, 7) is 10.1. The van der Waals surface area contributed by atoms with Crippen molar-refractivity contribution in [2.24, 2.45) is 5.92 Å². The third-order valence-electron chi connectivity index (χ3n) is 3.97. The average molecular weight is 286 g/mol. The minimum atomic E-state index is -0.827. The molecule has 118 valence electrons. The van der Waals surface area contributed by atoms with E-state index in [1.54, 1.807) is 7.11 Å².